The Kier molecular flexibility index (Phi) is 3.99. The van der Waals surface area contributed by atoms with Crippen LogP contribution in [0.3, 0.4) is 0 Å². The summed E-state index contributed by atoms with van der Waals surface area (Å²) in [5.74, 6) is -0.331. The summed E-state index contributed by atoms with van der Waals surface area (Å²) >= 11 is 5.55. The maximum absolute atomic E-state index is 13.1. The number of ether oxygens (including phenoxy) is 1. The van der Waals surface area contributed by atoms with Crippen molar-refractivity contribution < 1.29 is 9.13 Å². The third-order valence-electron chi connectivity index (χ3n) is 1.52. The summed E-state index contributed by atoms with van der Waals surface area (Å²) in [6, 6.07) is 4.66. The zero-order valence-electron chi connectivity index (χ0n) is 7.09. The maximum atomic E-state index is 13.1. The lowest BCUT2D eigenvalue weighted by Crippen LogP contribution is -2.06. The van der Waals surface area contributed by atoms with Crippen LogP contribution in [0.2, 0.25) is 5.02 Å². The molecule has 0 aromatic heterocycles. The smallest absolute Gasteiger partial charge is 0.183 e. The highest BCUT2D eigenvalue weighted by Gasteiger charge is 2.05. The Morgan fingerprint density at radius 3 is 2.92 bits per heavy atom. The summed E-state index contributed by atoms with van der Waals surface area (Å²) in [6.45, 7) is 0.940. The lowest BCUT2D eigenvalue weighted by atomic mass is 10.3. The molecule has 0 atom stereocenters. The first-order valence-electron chi connectivity index (χ1n) is 4.02. The molecule has 0 aliphatic heterocycles. The van der Waals surface area contributed by atoms with E-state index in [9.17, 15) is 4.39 Å². The van der Waals surface area contributed by atoms with Gasteiger partial charge in [0.2, 0.25) is 0 Å². The van der Waals surface area contributed by atoms with Gasteiger partial charge in [-0.15, -0.1) is 0 Å². The number of nitrogens with two attached hydrogens (primary N) is 1. The first-order valence-corrected chi connectivity index (χ1v) is 4.40. The summed E-state index contributed by atoms with van der Waals surface area (Å²) in [7, 11) is 0. The van der Waals surface area contributed by atoms with Gasteiger partial charge >= 0.3 is 0 Å². The molecule has 1 rings (SSSR count). The Bertz CT molecular complexity index is 280. The van der Waals surface area contributed by atoms with E-state index in [1.54, 1.807) is 6.07 Å². The van der Waals surface area contributed by atoms with Gasteiger partial charge in [-0.1, -0.05) is 17.7 Å². The van der Waals surface area contributed by atoms with E-state index in [-0.39, 0.29) is 10.8 Å². The Morgan fingerprint density at radius 1 is 1.46 bits per heavy atom. The zero-order chi connectivity index (χ0) is 9.68. The molecule has 0 saturated heterocycles. The number of halogens is 2. The van der Waals surface area contributed by atoms with Crippen LogP contribution in [0.15, 0.2) is 18.2 Å². The molecule has 0 fully saturated rings. The number of hydrogen-bond donors (Lipinski definition) is 1. The summed E-state index contributed by atoms with van der Waals surface area (Å²) in [5.41, 5.74) is 5.26. The third-order valence-corrected chi connectivity index (χ3v) is 1.81. The van der Waals surface area contributed by atoms with Crippen LogP contribution in [0.1, 0.15) is 6.42 Å². The van der Waals surface area contributed by atoms with E-state index in [0.717, 1.165) is 0 Å². The van der Waals surface area contributed by atoms with E-state index >= 15 is 0 Å². The Balaban J connectivity index is 2.61. The van der Waals surface area contributed by atoms with Crippen molar-refractivity contribution in [2.24, 2.45) is 5.73 Å². The molecule has 0 radical (unpaired) electrons. The predicted octanol–water partition coefficient (Wildman–Crippen LogP) is 2.21. The summed E-state index contributed by atoms with van der Waals surface area (Å²) in [4.78, 5) is 0. The monoisotopic (exact) mass is 203 g/mol. The van der Waals surface area contributed by atoms with Crippen LogP contribution in [0.25, 0.3) is 0 Å². The van der Waals surface area contributed by atoms with Gasteiger partial charge in [-0.25, -0.2) is 4.39 Å². The van der Waals surface area contributed by atoms with Crippen molar-refractivity contribution in [3.63, 3.8) is 0 Å². The third kappa shape index (κ3) is 2.86. The average Bonchev–Trinajstić information content (AvgIpc) is 2.13. The lowest BCUT2D eigenvalue weighted by Gasteiger charge is -2.06. The molecular weight excluding hydrogens is 193 g/mol. The molecule has 0 unspecified atom stereocenters. The molecule has 0 aliphatic rings. The molecule has 0 amide bonds. The van der Waals surface area contributed by atoms with Crippen LogP contribution in [-0.4, -0.2) is 13.2 Å². The fourth-order valence-electron chi connectivity index (χ4n) is 0.861. The second kappa shape index (κ2) is 5.04. The van der Waals surface area contributed by atoms with Crippen molar-refractivity contribution in [2.45, 2.75) is 6.42 Å². The second-order valence-electron chi connectivity index (χ2n) is 2.54. The Hall–Kier alpha value is -0.800. The van der Waals surface area contributed by atoms with Crippen molar-refractivity contribution in [3.8, 4) is 5.75 Å². The van der Waals surface area contributed by atoms with Crippen molar-refractivity contribution >= 4 is 11.6 Å². The summed E-state index contributed by atoms with van der Waals surface area (Å²) in [6.07, 6.45) is 0.700. The molecular formula is C9H11ClFNO. The standard InChI is InChI=1S/C9H11ClFNO/c10-7-3-1-4-8(9(7)11)13-6-2-5-12/h1,3-4H,2,5-6,12H2. The molecule has 72 valence electrons. The van der Waals surface area contributed by atoms with E-state index in [2.05, 4.69) is 0 Å². The number of rotatable bonds is 4. The van der Waals surface area contributed by atoms with Crippen molar-refractivity contribution in [1.82, 2.24) is 0 Å². The molecule has 0 saturated carbocycles. The minimum atomic E-state index is -0.513. The van der Waals surface area contributed by atoms with Gasteiger partial charge in [0.15, 0.2) is 11.6 Å². The van der Waals surface area contributed by atoms with Crippen LogP contribution < -0.4 is 10.5 Å². The van der Waals surface area contributed by atoms with Crippen LogP contribution in [0.4, 0.5) is 4.39 Å². The van der Waals surface area contributed by atoms with Gasteiger partial charge in [0, 0.05) is 0 Å². The van der Waals surface area contributed by atoms with Gasteiger partial charge in [-0.2, -0.15) is 0 Å². The fraction of sp³-hybridized carbons (Fsp3) is 0.333. The van der Waals surface area contributed by atoms with Gasteiger partial charge in [0.1, 0.15) is 0 Å². The molecule has 0 spiro atoms. The molecule has 2 nitrogen and oxygen atoms in total. The van der Waals surface area contributed by atoms with Crippen LogP contribution in [0.5, 0.6) is 5.75 Å². The minimum absolute atomic E-state index is 0.0743. The summed E-state index contributed by atoms with van der Waals surface area (Å²) in [5, 5.41) is 0.0743. The molecule has 1 aromatic rings. The highest BCUT2D eigenvalue weighted by atomic mass is 35.5. The van der Waals surface area contributed by atoms with E-state index in [1.807, 2.05) is 0 Å². The zero-order valence-corrected chi connectivity index (χ0v) is 7.85. The van der Waals surface area contributed by atoms with Gasteiger partial charge in [0.05, 0.1) is 11.6 Å². The highest BCUT2D eigenvalue weighted by Crippen LogP contribution is 2.23. The van der Waals surface area contributed by atoms with Crippen molar-refractivity contribution in [3.05, 3.63) is 29.0 Å². The van der Waals surface area contributed by atoms with Gasteiger partial charge in [-0.3, -0.25) is 0 Å². The van der Waals surface area contributed by atoms with Crippen molar-refractivity contribution in [1.29, 1.82) is 0 Å². The minimum Gasteiger partial charge on any atom is -0.490 e. The van der Waals surface area contributed by atoms with Crippen molar-refractivity contribution in [2.75, 3.05) is 13.2 Å². The topological polar surface area (TPSA) is 35.2 Å². The maximum Gasteiger partial charge on any atom is 0.183 e. The average molecular weight is 204 g/mol. The largest absolute Gasteiger partial charge is 0.490 e. The van der Waals surface area contributed by atoms with E-state index < -0.39 is 5.82 Å². The van der Waals surface area contributed by atoms with Gasteiger partial charge in [0.25, 0.3) is 0 Å². The predicted molar refractivity (Wildman–Crippen MR) is 50.6 cm³/mol. The Labute approximate surface area is 81.4 Å². The highest BCUT2D eigenvalue weighted by molar-refractivity contribution is 6.30. The van der Waals surface area contributed by atoms with E-state index in [0.29, 0.717) is 19.6 Å². The number of hydrogen-bond acceptors (Lipinski definition) is 2. The summed E-state index contributed by atoms with van der Waals surface area (Å²) < 4.78 is 18.3. The molecule has 4 heteroatoms. The second-order valence-corrected chi connectivity index (χ2v) is 2.95. The normalized spacial score (nSPS) is 10.1. The molecule has 0 bridgehead atoms. The van der Waals surface area contributed by atoms with Gasteiger partial charge < -0.3 is 10.5 Å². The molecule has 1 aromatic carbocycles. The van der Waals surface area contributed by atoms with Crippen LogP contribution in [-0.2, 0) is 0 Å². The fourth-order valence-corrected chi connectivity index (χ4v) is 1.03. The Morgan fingerprint density at radius 2 is 2.23 bits per heavy atom. The van der Waals surface area contributed by atoms with E-state index in [1.165, 1.54) is 12.1 Å². The van der Waals surface area contributed by atoms with Crippen LogP contribution >= 0.6 is 11.6 Å². The SMILES string of the molecule is NCCCOc1cccc(Cl)c1F. The van der Waals surface area contributed by atoms with Crippen LogP contribution in [0, 0.1) is 5.82 Å². The molecule has 0 heterocycles. The van der Waals surface area contributed by atoms with Gasteiger partial charge in [-0.05, 0) is 25.1 Å². The van der Waals surface area contributed by atoms with E-state index in [4.69, 9.17) is 22.1 Å². The quantitative estimate of drug-likeness (QED) is 0.762. The first kappa shape index (κ1) is 10.3. The lowest BCUT2D eigenvalue weighted by molar-refractivity contribution is 0.298. The number of benzene rings is 1. The first-order chi connectivity index (χ1) is 6.25. The molecule has 13 heavy (non-hydrogen) atoms. The molecule has 2 N–H and O–H groups in total. The molecule has 0 aliphatic carbocycles.